The summed E-state index contributed by atoms with van der Waals surface area (Å²) in [6.07, 6.45) is 0. The van der Waals surface area contributed by atoms with Crippen LogP contribution in [0, 0.1) is 2.88 Å². The number of hydrogen-bond donors (Lipinski definition) is 2. The minimum atomic E-state index is -0.140. The van der Waals surface area contributed by atoms with E-state index in [9.17, 15) is 9.59 Å². The number of nitrogens with one attached hydrogen (secondary N) is 2. The lowest BCUT2D eigenvalue weighted by atomic mass is 10.2. The van der Waals surface area contributed by atoms with Gasteiger partial charge in [-0.3, -0.25) is 9.59 Å². The Morgan fingerprint density at radius 3 is 2.95 bits per heavy atom. The highest BCUT2D eigenvalue weighted by atomic mass is 127. The van der Waals surface area contributed by atoms with Gasteiger partial charge in [0.05, 0.1) is 19.9 Å². The van der Waals surface area contributed by atoms with E-state index in [1.807, 2.05) is 23.6 Å². The lowest BCUT2D eigenvalue weighted by molar-refractivity contribution is -0.113. The molecular weight excluding hydrogens is 407 g/mol. The Hall–Kier alpha value is -1.06. The summed E-state index contributed by atoms with van der Waals surface area (Å²) in [4.78, 5) is 24.4. The topological polar surface area (TPSA) is 58.2 Å². The van der Waals surface area contributed by atoms with Gasteiger partial charge >= 0.3 is 0 Å². The van der Waals surface area contributed by atoms with Crippen LogP contribution in [-0.2, 0) is 4.79 Å². The van der Waals surface area contributed by atoms with Gasteiger partial charge in [-0.05, 0) is 46.9 Å². The molecule has 0 unspecified atom stereocenters. The predicted molar refractivity (Wildman–Crippen MR) is 90.8 cm³/mol. The average molecular weight is 416 g/mol. The Morgan fingerprint density at radius 2 is 2.20 bits per heavy atom. The van der Waals surface area contributed by atoms with Crippen molar-refractivity contribution < 1.29 is 9.59 Å². The number of hydrogen-bond acceptors (Lipinski definition) is 4. The molecule has 1 aromatic heterocycles. The van der Waals surface area contributed by atoms with Gasteiger partial charge in [-0.25, -0.2) is 0 Å². The zero-order valence-electron chi connectivity index (χ0n) is 10.1. The Morgan fingerprint density at radius 1 is 1.35 bits per heavy atom. The van der Waals surface area contributed by atoms with Gasteiger partial charge in [0, 0.05) is 16.0 Å². The van der Waals surface area contributed by atoms with Gasteiger partial charge in [-0.1, -0.05) is 0 Å². The van der Waals surface area contributed by atoms with Gasteiger partial charge in [0.1, 0.15) is 0 Å². The Kier molecular flexibility index (Phi) is 3.99. The fraction of sp³-hybridized carbons (Fsp3) is 0.0769. The highest BCUT2D eigenvalue weighted by Gasteiger charge is 2.16. The van der Waals surface area contributed by atoms with E-state index in [0.29, 0.717) is 17.0 Å². The molecule has 0 radical (unpaired) electrons. The zero-order valence-corrected chi connectivity index (χ0v) is 13.9. The van der Waals surface area contributed by atoms with E-state index < -0.39 is 0 Å². The first-order valence-electron chi connectivity index (χ1n) is 5.74. The predicted octanol–water partition coefficient (Wildman–Crippen LogP) is 3.65. The van der Waals surface area contributed by atoms with Gasteiger partial charge in [-0.2, -0.15) is 0 Å². The van der Waals surface area contributed by atoms with Crippen molar-refractivity contribution in [3.63, 3.8) is 0 Å². The number of fused-ring (bicyclic) bond motifs is 1. The zero-order chi connectivity index (χ0) is 14.1. The van der Waals surface area contributed by atoms with Crippen molar-refractivity contribution in [2.75, 3.05) is 16.4 Å². The third-order valence-electron chi connectivity index (χ3n) is 2.70. The molecule has 102 valence electrons. The minimum absolute atomic E-state index is 0.0154. The van der Waals surface area contributed by atoms with E-state index in [0.717, 1.165) is 13.5 Å². The van der Waals surface area contributed by atoms with Crippen LogP contribution in [0.1, 0.15) is 10.4 Å². The molecule has 7 heteroatoms. The fourth-order valence-corrected chi connectivity index (χ4v) is 3.91. The number of thiophene rings is 1. The molecule has 0 atom stereocenters. The maximum Gasteiger partial charge on any atom is 0.256 e. The number of amides is 2. The molecule has 2 aromatic rings. The fourth-order valence-electron chi connectivity index (χ4n) is 1.79. The standard InChI is InChI=1S/C13H9IN2O2S2/c14-11-3-7(5-20-11)13(18)15-8-1-2-10-9(4-8)16-12(17)6-19-10/h1-5H,6H2,(H,15,18)(H,16,17). The number of carbonyl (C=O) groups excluding carboxylic acids is 2. The molecule has 2 N–H and O–H groups in total. The van der Waals surface area contributed by atoms with Crippen molar-refractivity contribution in [2.45, 2.75) is 4.90 Å². The number of carbonyl (C=O) groups is 2. The average Bonchev–Trinajstić information content (AvgIpc) is 2.85. The molecule has 3 rings (SSSR count). The first kappa shape index (κ1) is 13.9. The lowest BCUT2D eigenvalue weighted by Gasteiger charge is -2.17. The Labute approximate surface area is 137 Å². The lowest BCUT2D eigenvalue weighted by Crippen LogP contribution is -2.19. The molecule has 0 saturated carbocycles. The molecular formula is C13H9IN2O2S2. The second-order valence-corrected chi connectivity index (χ2v) is 7.96. The van der Waals surface area contributed by atoms with Gasteiger partial charge in [-0.15, -0.1) is 23.1 Å². The van der Waals surface area contributed by atoms with Crippen LogP contribution in [0.3, 0.4) is 0 Å². The molecule has 1 aromatic carbocycles. The van der Waals surface area contributed by atoms with Crippen molar-refractivity contribution in [3.8, 4) is 0 Å². The third kappa shape index (κ3) is 2.99. The molecule has 0 bridgehead atoms. The SMILES string of the molecule is O=C1CSc2ccc(NC(=O)c3csc(I)c3)cc2N1. The number of anilines is 2. The summed E-state index contributed by atoms with van der Waals surface area (Å²) < 4.78 is 1.07. The number of benzene rings is 1. The summed E-state index contributed by atoms with van der Waals surface area (Å²) in [5, 5.41) is 7.47. The third-order valence-corrected chi connectivity index (χ3v) is 5.56. The number of halogens is 1. The first-order valence-corrected chi connectivity index (χ1v) is 8.68. The minimum Gasteiger partial charge on any atom is -0.324 e. The quantitative estimate of drug-likeness (QED) is 0.735. The van der Waals surface area contributed by atoms with Crippen molar-refractivity contribution >= 4 is 68.9 Å². The van der Waals surface area contributed by atoms with Crippen LogP contribution in [0.25, 0.3) is 0 Å². The van der Waals surface area contributed by atoms with Crippen molar-refractivity contribution in [2.24, 2.45) is 0 Å². The van der Waals surface area contributed by atoms with E-state index in [4.69, 9.17) is 0 Å². The van der Waals surface area contributed by atoms with Gasteiger partial charge in [0.15, 0.2) is 0 Å². The van der Waals surface area contributed by atoms with E-state index >= 15 is 0 Å². The molecule has 0 fully saturated rings. The summed E-state index contributed by atoms with van der Waals surface area (Å²) in [6.45, 7) is 0. The first-order chi connectivity index (χ1) is 9.61. The maximum absolute atomic E-state index is 12.1. The van der Waals surface area contributed by atoms with Crippen LogP contribution in [0.15, 0.2) is 34.5 Å². The summed E-state index contributed by atoms with van der Waals surface area (Å²) >= 11 is 5.22. The number of rotatable bonds is 2. The molecule has 2 heterocycles. The molecule has 20 heavy (non-hydrogen) atoms. The molecule has 1 aliphatic heterocycles. The van der Waals surface area contributed by atoms with Crippen LogP contribution in [-0.4, -0.2) is 17.6 Å². The summed E-state index contributed by atoms with van der Waals surface area (Å²) in [6, 6.07) is 7.39. The number of thioether (sulfide) groups is 1. The van der Waals surface area contributed by atoms with Gasteiger partial charge in [0.2, 0.25) is 5.91 Å². The summed E-state index contributed by atoms with van der Waals surface area (Å²) in [7, 11) is 0. The van der Waals surface area contributed by atoms with Crippen molar-refractivity contribution in [1.82, 2.24) is 0 Å². The van der Waals surface area contributed by atoms with Gasteiger partial charge in [0.25, 0.3) is 5.91 Å². The normalized spacial score (nSPS) is 13.6. The molecule has 4 nitrogen and oxygen atoms in total. The van der Waals surface area contributed by atoms with Crippen LogP contribution < -0.4 is 10.6 Å². The van der Waals surface area contributed by atoms with Crippen molar-refractivity contribution in [3.05, 3.63) is 38.1 Å². The second-order valence-electron chi connectivity index (χ2n) is 4.14. The van der Waals surface area contributed by atoms with Gasteiger partial charge < -0.3 is 10.6 Å². The van der Waals surface area contributed by atoms with E-state index in [1.54, 1.807) is 6.07 Å². The second kappa shape index (κ2) is 5.74. The maximum atomic E-state index is 12.1. The van der Waals surface area contributed by atoms with Crippen LogP contribution in [0.2, 0.25) is 0 Å². The molecule has 0 spiro atoms. The molecule has 0 saturated heterocycles. The smallest absolute Gasteiger partial charge is 0.256 e. The Balaban J connectivity index is 1.80. The summed E-state index contributed by atoms with van der Waals surface area (Å²) in [5.74, 6) is 0.281. The highest BCUT2D eigenvalue weighted by Crippen LogP contribution is 2.33. The monoisotopic (exact) mass is 416 g/mol. The molecule has 1 aliphatic rings. The van der Waals surface area contributed by atoms with Crippen LogP contribution >= 0.6 is 45.7 Å². The largest absolute Gasteiger partial charge is 0.324 e. The van der Waals surface area contributed by atoms with E-state index in [2.05, 4.69) is 33.2 Å². The van der Waals surface area contributed by atoms with Crippen molar-refractivity contribution in [1.29, 1.82) is 0 Å². The molecule has 2 amide bonds. The van der Waals surface area contributed by atoms with Crippen LogP contribution in [0.5, 0.6) is 0 Å². The van der Waals surface area contributed by atoms with E-state index in [-0.39, 0.29) is 11.8 Å². The van der Waals surface area contributed by atoms with Crippen LogP contribution in [0.4, 0.5) is 11.4 Å². The Bertz CT molecular complexity index is 699. The van der Waals surface area contributed by atoms with E-state index in [1.165, 1.54) is 23.1 Å². The highest BCUT2D eigenvalue weighted by molar-refractivity contribution is 14.1. The molecule has 0 aliphatic carbocycles. The summed E-state index contributed by atoms with van der Waals surface area (Å²) in [5.41, 5.74) is 2.08.